The Hall–Kier alpha value is -0.120. The van der Waals surface area contributed by atoms with Crippen molar-refractivity contribution in [2.45, 2.75) is 52.6 Å². The molecule has 0 bridgehead atoms. The van der Waals surface area contributed by atoms with Gasteiger partial charge in [0.2, 0.25) is 0 Å². The van der Waals surface area contributed by atoms with Gasteiger partial charge in [0.15, 0.2) is 0 Å². The van der Waals surface area contributed by atoms with Crippen LogP contribution in [0.5, 0.6) is 0 Å². The lowest BCUT2D eigenvalue weighted by atomic mass is 10.0. The van der Waals surface area contributed by atoms with Crippen LogP contribution in [0.2, 0.25) is 0 Å². The molecule has 0 amide bonds. The van der Waals surface area contributed by atoms with Crippen LogP contribution in [0, 0.1) is 0 Å². The summed E-state index contributed by atoms with van der Waals surface area (Å²) in [7, 11) is 0. The maximum absolute atomic E-state index is 3.45. The maximum atomic E-state index is 3.45. The average molecular weight is 199 g/mol. The van der Waals surface area contributed by atoms with Crippen molar-refractivity contribution in [3.8, 4) is 0 Å². The molecule has 1 aliphatic heterocycles. The molecule has 1 fully saturated rings. The van der Waals surface area contributed by atoms with E-state index in [0.29, 0.717) is 0 Å². The van der Waals surface area contributed by atoms with E-state index in [-0.39, 0.29) is 11.1 Å². The van der Waals surface area contributed by atoms with E-state index in [1.165, 1.54) is 0 Å². The summed E-state index contributed by atoms with van der Waals surface area (Å²) in [6.07, 6.45) is 0. The predicted molar refractivity (Wildman–Crippen MR) is 60.9 cm³/mol. The van der Waals surface area contributed by atoms with E-state index in [4.69, 9.17) is 0 Å². The fourth-order valence-corrected chi connectivity index (χ4v) is 1.52. The second-order valence-electron chi connectivity index (χ2n) is 6.13. The van der Waals surface area contributed by atoms with Crippen LogP contribution in [0.4, 0.5) is 0 Å². The van der Waals surface area contributed by atoms with Crippen LogP contribution in [0.3, 0.4) is 0 Å². The summed E-state index contributed by atoms with van der Waals surface area (Å²) in [6, 6.07) is 0. The minimum absolute atomic E-state index is 0.247. The summed E-state index contributed by atoms with van der Waals surface area (Å²) < 4.78 is 0. The number of nitrogens with one attached hydrogen (secondary N) is 1. The number of rotatable bonds is 0. The number of hydrogen-bond acceptors (Lipinski definition) is 3. The van der Waals surface area contributed by atoms with E-state index in [1.807, 2.05) is 0 Å². The Labute approximate surface area is 88.5 Å². The lowest BCUT2D eigenvalue weighted by molar-refractivity contribution is -0.0362. The molecule has 0 aromatic carbocycles. The molecule has 0 saturated carbocycles. The van der Waals surface area contributed by atoms with Gasteiger partial charge < -0.3 is 0 Å². The highest BCUT2D eigenvalue weighted by Gasteiger charge is 2.31. The van der Waals surface area contributed by atoms with Crippen LogP contribution in [0.25, 0.3) is 0 Å². The van der Waals surface area contributed by atoms with Crippen LogP contribution in [0.15, 0.2) is 0 Å². The van der Waals surface area contributed by atoms with Crippen molar-refractivity contribution in [3.05, 3.63) is 0 Å². The van der Waals surface area contributed by atoms with Crippen LogP contribution in [-0.2, 0) is 0 Å². The highest BCUT2D eigenvalue weighted by molar-refractivity contribution is 4.83. The predicted octanol–water partition coefficient (Wildman–Crippen LogP) is 1.66. The molecule has 3 nitrogen and oxygen atoms in total. The summed E-state index contributed by atoms with van der Waals surface area (Å²) >= 11 is 0. The highest BCUT2D eigenvalue weighted by Crippen LogP contribution is 2.20. The summed E-state index contributed by atoms with van der Waals surface area (Å²) in [5.41, 5.74) is 0.494. The molecule has 0 aromatic heterocycles. The largest absolute Gasteiger partial charge is 0.291 e. The molecule has 3 heteroatoms. The maximum Gasteiger partial charge on any atom is 0.0540 e. The van der Waals surface area contributed by atoms with E-state index in [1.54, 1.807) is 0 Å². The van der Waals surface area contributed by atoms with Gasteiger partial charge in [-0.25, -0.2) is 0 Å². The first kappa shape index (κ1) is 12.0. The van der Waals surface area contributed by atoms with E-state index in [9.17, 15) is 0 Å². The van der Waals surface area contributed by atoms with Crippen LogP contribution in [0.1, 0.15) is 41.5 Å². The third-order valence-corrected chi connectivity index (χ3v) is 2.84. The quantitative estimate of drug-likeness (QED) is 0.640. The van der Waals surface area contributed by atoms with Crippen molar-refractivity contribution < 1.29 is 0 Å². The summed E-state index contributed by atoms with van der Waals surface area (Å²) in [4.78, 5) is 4.92. The third kappa shape index (κ3) is 2.94. The zero-order valence-corrected chi connectivity index (χ0v) is 10.5. The van der Waals surface area contributed by atoms with Crippen LogP contribution < -0.4 is 5.32 Å². The molecule has 1 rings (SSSR count). The van der Waals surface area contributed by atoms with Crippen LogP contribution in [-0.4, -0.2) is 40.9 Å². The number of nitrogens with zero attached hydrogens (tertiary/aromatic N) is 2. The summed E-state index contributed by atoms with van der Waals surface area (Å²) in [5.74, 6) is 0. The first-order valence-electron chi connectivity index (χ1n) is 5.42. The van der Waals surface area contributed by atoms with Gasteiger partial charge in [-0.2, -0.15) is 0 Å². The standard InChI is InChI=1S/C11H25N3/c1-10(2,3)13-7-12-8-14(9-13)11(4,5)6/h12H,7-9H2,1-6H3. The number of hydrogen-bond donors (Lipinski definition) is 1. The van der Waals surface area contributed by atoms with Crippen molar-refractivity contribution in [1.29, 1.82) is 0 Å². The normalized spacial score (nSPS) is 22.7. The van der Waals surface area contributed by atoms with Crippen molar-refractivity contribution >= 4 is 0 Å². The summed E-state index contributed by atoms with van der Waals surface area (Å²) in [6.45, 7) is 16.6. The Morgan fingerprint density at radius 2 is 1.14 bits per heavy atom. The topological polar surface area (TPSA) is 18.5 Å². The van der Waals surface area contributed by atoms with Gasteiger partial charge in [0.05, 0.1) is 20.0 Å². The van der Waals surface area contributed by atoms with Gasteiger partial charge in [-0.15, -0.1) is 0 Å². The van der Waals surface area contributed by atoms with Crippen molar-refractivity contribution in [2.75, 3.05) is 20.0 Å². The Morgan fingerprint density at radius 3 is 1.43 bits per heavy atom. The molecule has 84 valence electrons. The smallest absolute Gasteiger partial charge is 0.0540 e. The van der Waals surface area contributed by atoms with Crippen LogP contribution >= 0.6 is 0 Å². The molecule has 0 atom stereocenters. The monoisotopic (exact) mass is 199 g/mol. The van der Waals surface area contributed by atoms with Gasteiger partial charge >= 0.3 is 0 Å². The average Bonchev–Trinajstić information content (AvgIpc) is 2.01. The molecule has 0 spiro atoms. The molecular weight excluding hydrogens is 174 g/mol. The zero-order valence-electron chi connectivity index (χ0n) is 10.5. The molecule has 1 N–H and O–H groups in total. The molecule has 1 aliphatic rings. The van der Waals surface area contributed by atoms with Gasteiger partial charge in [-0.1, -0.05) is 0 Å². The molecule has 0 aliphatic carbocycles. The Kier molecular flexibility index (Phi) is 3.24. The molecule has 1 heterocycles. The van der Waals surface area contributed by atoms with Gasteiger partial charge in [-0.05, 0) is 41.5 Å². The van der Waals surface area contributed by atoms with Crippen molar-refractivity contribution in [1.82, 2.24) is 15.1 Å². The van der Waals surface area contributed by atoms with E-state index in [0.717, 1.165) is 20.0 Å². The zero-order chi connectivity index (χ0) is 11.0. The van der Waals surface area contributed by atoms with Gasteiger partial charge in [0.25, 0.3) is 0 Å². The minimum Gasteiger partial charge on any atom is -0.291 e. The van der Waals surface area contributed by atoms with E-state index < -0.39 is 0 Å². The SMILES string of the molecule is CC(C)(C)N1CNCN(C(C)(C)C)C1. The fraction of sp³-hybridized carbons (Fsp3) is 1.00. The van der Waals surface area contributed by atoms with Crippen molar-refractivity contribution in [3.63, 3.8) is 0 Å². The van der Waals surface area contributed by atoms with Gasteiger partial charge in [0, 0.05) is 11.1 Å². The van der Waals surface area contributed by atoms with E-state index in [2.05, 4.69) is 56.7 Å². The molecule has 0 aromatic rings. The van der Waals surface area contributed by atoms with Gasteiger partial charge in [0.1, 0.15) is 0 Å². The highest BCUT2D eigenvalue weighted by atomic mass is 15.5. The molecule has 0 radical (unpaired) electrons. The molecule has 0 unspecified atom stereocenters. The summed E-state index contributed by atoms with van der Waals surface area (Å²) in [5, 5.41) is 3.45. The fourth-order valence-electron chi connectivity index (χ4n) is 1.52. The lowest BCUT2D eigenvalue weighted by Gasteiger charge is -2.48. The van der Waals surface area contributed by atoms with Crippen molar-refractivity contribution in [2.24, 2.45) is 0 Å². The second kappa shape index (κ2) is 3.80. The minimum atomic E-state index is 0.247. The molecular formula is C11H25N3. The van der Waals surface area contributed by atoms with E-state index >= 15 is 0 Å². The Morgan fingerprint density at radius 1 is 0.786 bits per heavy atom. The Bertz CT molecular complexity index is 168. The lowest BCUT2D eigenvalue weighted by Crippen LogP contribution is -2.62. The Balaban J connectivity index is 2.61. The first-order chi connectivity index (χ1) is 6.21. The second-order valence-corrected chi connectivity index (χ2v) is 6.13. The third-order valence-electron chi connectivity index (χ3n) is 2.84. The molecule has 14 heavy (non-hydrogen) atoms. The van der Waals surface area contributed by atoms with Gasteiger partial charge in [-0.3, -0.25) is 15.1 Å². The first-order valence-corrected chi connectivity index (χ1v) is 5.42. The molecule has 1 saturated heterocycles.